The first-order valence-corrected chi connectivity index (χ1v) is 7.68. The fourth-order valence-electron chi connectivity index (χ4n) is 2.05. The summed E-state index contributed by atoms with van der Waals surface area (Å²) in [6, 6.07) is 11.9. The van der Waals surface area contributed by atoms with Crippen LogP contribution in [0.4, 0.5) is 0 Å². The van der Waals surface area contributed by atoms with Crippen molar-refractivity contribution in [2.45, 2.75) is 19.8 Å². The third-order valence-corrected chi connectivity index (χ3v) is 4.12. The molecule has 0 fully saturated rings. The maximum absolute atomic E-state index is 11.9. The largest absolute Gasteiger partial charge is 0.401 e. The minimum absolute atomic E-state index is 0.343. The Hall–Kier alpha value is -2.20. The number of carbonyl (C=O) groups is 1. The van der Waals surface area contributed by atoms with Gasteiger partial charge in [0.05, 0.1) is 4.88 Å². The summed E-state index contributed by atoms with van der Waals surface area (Å²) in [5, 5.41) is 1.93. The zero-order chi connectivity index (χ0) is 14.8. The molecule has 1 aromatic carbocycles. The van der Waals surface area contributed by atoms with Gasteiger partial charge in [0.1, 0.15) is 0 Å². The molecule has 3 nitrogen and oxygen atoms in total. The lowest BCUT2D eigenvalue weighted by Crippen LogP contribution is -2.03. The Kier molecular flexibility index (Phi) is 3.71. The molecule has 0 N–H and O–H groups in total. The maximum atomic E-state index is 11.9. The van der Waals surface area contributed by atoms with Crippen LogP contribution in [0.25, 0.3) is 6.08 Å². The minimum Gasteiger partial charge on any atom is -0.401 e. The molecule has 0 bridgehead atoms. The molecule has 106 valence electrons. The Balaban J connectivity index is 1.87. The second-order valence-corrected chi connectivity index (χ2v) is 6.08. The maximum Gasteiger partial charge on any atom is 0.363 e. The van der Waals surface area contributed by atoms with Crippen LogP contribution in [0.15, 0.2) is 52.5 Å². The molecular weight excluding hydrogens is 282 g/mol. The molecule has 2 heterocycles. The third kappa shape index (κ3) is 2.95. The molecule has 0 atom stereocenters. The number of nitrogens with zero attached hydrogens (tertiary/aromatic N) is 1. The van der Waals surface area contributed by atoms with E-state index in [0.717, 1.165) is 10.4 Å². The number of hydrogen-bond donors (Lipinski definition) is 0. The van der Waals surface area contributed by atoms with E-state index in [1.807, 2.05) is 29.6 Å². The number of thiophene rings is 1. The van der Waals surface area contributed by atoms with Crippen molar-refractivity contribution in [3.8, 4) is 0 Å². The Morgan fingerprint density at radius 2 is 1.95 bits per heavy atom. The van der Waals surface area contributed by atoms with E-state index in [-0.39, 0.29) is 0 Å². The Morgan fingerprint density at radius 1 is 1.19 bits per heavy atom. The van der Waals surface area contributed by atoms with Crippen molar-refractivity contribution in [2.75, 3.05) is 0 Å². The topological polar surface area (TPSA) is 38.7 Å². The van der Waals surface area contributed by atoms with Crippen molar-refractivity contribution in [3.63, 3.8) is 0 Å². The molecular formula is C17H15NO2S. The summed E-state index contributed by atoms with van der Waals surface area (Å²) in [5.41, 5.74) is 2.56. The molecule has 2 aromatic rings. The highest BCUT2D eigenvalue weighted by atomic mass is 32.1. The lowest BCUT2D eigenvalue weighted by atomic mass is 10.0. The van der Waals surface area contributed by atoms with Crippen molar-refractivity contribution in [1.29, 1.82) is 0 Å². The normalized spacial score (nSPS) is 16.4. The fraction of sp³-hybridized carbons (Fsp3) is 0.176. The number of benzene rings is 1. The van der Waals surface area contributed by atoms with E-state index in [4.69, 9.17) is 4.74 Å². The number of rotatable bonds is 3. The Morgan fingerprint density at radius 3 is 2.57 bits per heavy atom. The summed E-state index contributed by atoms with van der Waals surface area (Å²) < 4.78 is 5.21. The molecule has 0 unspecified atom stereocenters. The van der Waals surface area contributed by atoms with Gasteiger partial charge in [-0.3, -0.25) is 0 Å². The molecule has 1 aliphatic rings. The van der Waals surface area contributed by atoms with Crippen LogP contribution in [-0.4, -0.2) is 11.9 Å². The van der Waals surface area contributed by atoms with Crippen LogP contribution in [0, 0.1) is 0 Å². The van der Waals surface area contributed by atoms with E-state index in [2.05, 4.69) is 31.0 Å². The van der Waals surface area contributed by atoms with Crippen LogP contribution in [0.2, 0.25) is 0 Å². The first-order valence-electron chi connectivity index (χ1n) is 6.80. The molecule has 3 rings (SSSR count). The van der Waals surface area contributed by atoms with Crippen LogP contribution in [0.3, 0.4) is 0 Å². The smallest absolute Gasteiger partial charge is 0.363 e. The van der Waals surface area contributed by atoms with E-state index in [0.29, 0.717) is 17.5 Å². The highest BCUT2D eigenvalue weighted by Crippen LogP contribution is 2.22. The van der Waals surface area contributed by atoms with Crippen LogP contribution in [0.5, 0.6) is 0 Å². The highest BCUT2D eigenvalue weighted by molar-refractivity contribution is 7.12. The summed E-state index contributed by atoms with van der Waals surface area (Å²) in [7, 11) is 0. The van der Waals surface area contributed by atoms with Gasteiger partial charge in [-0.2, -0.15) is 0 Å². The highest BCUT2D eigenvalue weighted by Gasteiger charge is 2.24. The number of cyclic esters (lactones) is 1. The van der Waals surface area contributed by atoms with Crippen molar-refractivity contribution in [2.24, 2.45) is 4.99 Å². The molecule has 1 aliphatic heterocycles. The van der Waals surface area contributed by atoms with E-state index >= 15 is 0 Å². The molecule has 0 radical (unpaired) electrons. The number of carbonyl (C=O) groups excluding carboxylic acids is 1. The van der Waals surface area contributed by atoms with Crippen molar-refractivity contribution < 1.29 is 9.53 Å². The molecule has 0 amide bonds. The van der Waals surface area contributed by atoms with Gasteiger partial charge < -0.3 is 4.74 Å². The van der Waals surface area contributed by atoms with Crippen LogP contribution >= 0.6 is 11.3 Å². The number of hydrogen-bond acceptors (Lipinski definition) is 4. The second-order valence-electron chi connectivity index (χ2n) is 5.13. The number of ether oxygens (including phenoxy) is 1. The quantitative estimate of drug-likeness (QED) is 0.628. The molecule has 0 saturated heterocycles. The summed E-state index contributed by atoms with van der Waals surface area (Å²) >= 11 is 1.50. The molecule has 0 aliphatic carbocycles. The van der Waals surface area contributed by atoms with E-state index < -0.39 is 5.97 Å². The van der Waals surface area contributed by atoms with Gasteiger partial charge >= 0.3 is 5.97 Å². The van der Waals surface area contributed by atoms with Crippen molar-refractivity contribution in [3.05, 3.63) is 63.5 Å². The van der Waals surface area contributed by atoms with Crippen LogP contribution < -0.4 is 0 Å². The van der Waals surface area contributed by atoms with E-state index in [1.54, 1.807) is 6.08 Å². The van der Waals surface area contributed by atoms with Gasteiger partial charge in [0.15, 0.2) is 5.70 Å². The van der Waals surface area contributed by atoms with Gasteiger partial charge in [-0.1, -0.05) is 44.2 Å². The lowest BCUT2D eigenvalue weighted by molar-refractivity contribution is -0.129. The molecule has 0 saturated carbocycles. The number of esters is 1. The van der Waals surface area contributed by atoms with E-state index in [9.17, 15) is 4.79 Å². The zero-order valence-electron chi connectivity index (χ0n) is 11.9. The third-order valence-electron chi connectivity index (χ3n) is 3.26. The SMILES string of the molecule is CC(C)c1ccc(/C=C2/N=C(c3cccs3)OC2=O)cc1. The zero-order valence-corrected chi connectivity index (χ0v) is 12.7. The van der Waals surface area contributed by atoms with Gasteiger partial charge in [-0.05, 0) is 34.6 Å². The standard InChI is InChI=1S/C17H15NO2S/c1-11(2)13-7-5-12(6-8-13)10-14-17(19)20-16(18-14)15-4-3-9-21-15/h3-11H,1-2H3/b14-10+. The average molecular weight is 297 g/mol. The van der Waals surface area contributed by atoms with Gasteiger partial charge in [0.2, 0.25) is 5.90 Å². The summed E-state index contributed by atoms with van der Waals surface area (Å²) in [4.78, 5) is 17.0. The predicted octanol–water partition coefficient (Wildman–Crippen LogP) is 4.22. The summed E-state index contributed by atoms with van der Waals surface area (Å²) in [6.45, 7) is 4.30. The monoisotopic (exact) mass is 297 g/mol. The molecule has 1 aromatic heterocycles. The average Bonchev–Trinajstić information content (AvgIpc) is 3.10. The Labute approximate surface area is 127 Å². The van der Waals surface area contributed by atoms with Crippen molar-refractivity contribution >= 4 is 29.3 Å². The molecule has 4 heteroatoms. The first kappa shape index (κ1) is 13.8. The summed E-state index contributed by atoms with van der Waals surface area (Å²) in [6.07, 6.45) is 1.76. The first-order chi connectivity index (χ1) is 10.1. The molecule has 0 spiro atoms. The lowest BCUT2D eigenvalue weighted by Gasteiger charge is -2.04. The van der Waals surface area contributed by atoms with Crippen LogP contribution in [0.1, 0.15) is 35.8 Å². The van der Waals surface area contributed by atoms with Gasteiger partial charge in [-0.15, -0.1) is 11.3 Å². The van der Waals surface area contributed by atoms with Gasteiger partial charge in [0, 0.05) is 0 Å². The molecule has 21 heavy (non-hydrogen) atoms. The summed E-state index contributed by atoms with van der Waals surface area (Å²) in [5.74, 6) is 0.484. The van der Waals surface area contributed by atoms with Gasteiger partial charge in [0.25, 0.3) is 0 Å². The van der Waals surface area contributed by atoms with Crippen molar-refractivity contribution in [1.82, 2.24) is 0 Å². The number of aliphatic imine (C=N–C) groups is 1. The Bertz CT molecular complexity index is 710. The fourth-order valence-corrected chi connectivity index (χ4v) is 2.70. The van der Waals surface area contributed by atoms with E-state index in [1.165, 1.54) is 16.9 Å². The second kappa shape index (κ2) is 5.66. The predicted molar refractivity (Wildman–Crippen MR) is 85.5 cm³/mol. The van der Waals surface area contributed by atoms with Crippen LogP contribution in [-0.2, 0) is 9.53 Å². The van der Waals surface area contributed by atoms with Gasteiger partial charge in [-0.25, -0.2) is 9.79 Å². The minimum atomic E-state index is -0.397.